The molecular weight excluding hydrogens is 342 g/mol. The van der Waals surface area contributed by atoms with Crippen molar-refractivity contribution in [1.82, 2.24) is 14.8 Å². The lowest BCUT2D eigenvalue weighted by molar-refractivity contribution is -0.383. The molecule has 2 heterocycles. The number of thiophene rings is 1. The molecule has 11 heteroatoms. The second kappa shape index (κ2) is 6.24. The number of hydrogen-bond donors (Lipinski definition) is 1. The number of nitrogens with zero attached hydrogens (tertiary/aromatic N) is 4. The molecule has 0 aromatic carbocycles. The number of hydrogen-bond acceptors (Lipinski definition) is 8. The van der Waals surface area contributed by atoms with E-state index in [9.17, 15) is 18.5 Å². The molecule has 0 spiro atoms. The Morgan fingerprint density at radius 2 is 2.09 bits per heavy atom. The Kier molecular flexibility index (Phi) is 4.71. The summed E-state index contributed by atoms with van der Waals surface area (Å²) < 4.78 is 24.9. The van der Waals surface area contributed by atoms with Gasteiger partial charge in [0.25, 0.3) is 0 Å². The Labute approximate surface area is 137 Å². The lowest BCUT2D eigenvalue weighted by Gasteiger charge is -2.06. The van der Waals surface area contributed by atoms with Crippen LogP contribution >= 0.6 is 11.3 Å². The summed E-state index contributed by atoms with van der Waals surface area (Å²) in [6.07, 6.45) is 1.02. The third-order valence-electron chi connectivity index (χ3n) is 3.17. The lowest BCUT2D eigenvalue weighted by Crippen LogP contribution is -2.08. The first-order valence-electron chi connectivity index (χ1n) is 6.71. The van der Waals surface area contributed by atoms with E-state index in [1.54, 1.807) is 0 Å². The largest absolute Gasteiger partial charge is 0.364 e. The molecule has 1 N–H and O–H groups in total. The van der Waals surface area contributed by atoms with Crippen LogP contribution in [0.2, 0.25) is 0 Å². The van der Waals surface area contributed by atoms with E-state index < -0.39 is 14.8 Å². The van der Waals surface area contributed by atoms with Crippen molar-refractivity contribution in [2.24, 2.45) is 7.05 Å². The highest BCUT2D eigenvalue weighted by Gasteiger charge is 2.24. The van der Waals surface area contributed by atoms with Crippen molar-refractivity contribution in [1.29, 1.82) is 0 Å². The van der Waals surface area contributed by atoms with Crippen molar-refractivity contribution in [3.8, 4) is 0 Å². The number of nitro groups is 1. The molecule has 0 unspecified atom stereocenters. The van der Waals surface area contributed by atoms with Crippen LogP contribution in [0.5, 0.6) is 0 Å². The Hall–Kier alpha value is -2.01. The zero-order valence-corrected chi connectivity index (χ0v) is 14.7. The molecule has 0 aliphatic rings. The van der Waals surface area contributed by atoms with E-state index in [-0.39, 0.29) is 27.4 Å². The Morgan fingerprint density at radius 3 is 2.57 bits per heavy atom. The molecule has 0 fully saturated rings. The van der Waals surface area contributed by atoms with Crippen LogP contribution in [0.25, 0.3) is 0 Å². The molecule has 0 aliphatic heterocycles. The minimum atomic E-state index is -3.50. The smallest absolute Gasteiger partial charge is 0.304 e. The minimum Gasteiger partial charge on any atom is -0.364 e. The number of nitrogens with one attached hydrogen (secondary N) is 1. The quantitative estimate of drug-likeness (QED) is 0.618. The standard InChI is InChI=1S/C12H17N5O4S2/c1-7(2)11-15-14-9(16(11)3)6-13-12-8(17(18)19)5-10(22-12)23(4,20)21/h5,7,13H,6H2,1-4H3. The van der Waals surface area contributed by atoms with Crippen molar-refractivity contribution >= 4 is 31.9 Å². The lowest BCUT2D eigenvalue weighted by atomic mass is 10.2. The van der Waals surface area contributed by atoms with Gasteiger partial charge in [0.05, 0.1) is 11.5 Å². The van der Waals surface area contributed by atoms with Gasteiger partial charge < -0.3 is 9.88 Å². The molecule has 126 valence electrons. The molecule has 9 nitrogen and oxygen atoms in total. The van der Waals surface area contributed by atoms with Crippen LogP contribution in [0.3, 0.4) is 0 Å². The summed E-state index contributed by atoms with van der Waals surface area (Å²) in [6, 6.07) is 1.07. The predicted octanol–water partition coefficient (Wildman–Crippen LogP) is 1.92. The molecule has 2 rings (SSSR count). The second-order valence-electron chi connectivity index (χ2n) is 5.35. The Balaban J connectivity index is 2.27. The fourth-order valence-electron chi connectivity index (χ4n) is 2.00. The summed E-state index contributed by atoms with van der Waals surface area (Å²) in [5, 5.41) is 22.3. The molecule has 0 amide bonds. The zero-order chi connectivity index (χ0) is 17.4. The first kappa shape index (κ1) is 17.3. The average molecular weight is 359 g/mol. The van der Waals surface area contributed by atoms with Crippen molar-refractivity contribution in [2.75, 3.05) is 11.6 Å². The van der Waals surface area contributed by atoms with Gasteiger partial charge in [-0.15, -0.1) is 10.2 Å². The van der Waals surface area contributed by atoms with E-state index in [0.29, 0.717) is 5.82 Å². The number of rotatable bonds is 6. The van der Waals surface area contributed by atoms with Gasteiger partial charge >= 0.3 is 5.69 Å². The van der Waals surface area contributed by atoms with Crippen molar-refractivity contribution in [3.05, 3.63) is 27.8 Å². The first-order chi connectivity index (χ1) is 10.6. The van der Waals surface area contributed by atoms with Gasteiger partial charge in [-0.3, -0.25) is 10.1 Å². The SMILES string of the molecule is CC(C)c1nnc(CNc2sc(S(C)(=O)=O)cc2[N+](=O)[O-])n1C. The average Bonchev–Trinajstić information content (AvgIpc) is 2.99. The van der Waals surface area contributed by atoms with E-state index in [4.69, 9.17) is 0 Å². The van der Waals surface area contributed by atoms with Gasteiger partial charge in [0.1, 0.15) is 10.0 Å². The summed E-state index contributed by atoms with van der Waals surface area (Å²) >= 11 is 0.835. The number of aromatic nitrogens is 3. The predicted molar refractivity (Wildman–Crippen MR) is 86.5 cm³/mol. The van der Waals surface area contributed by atoms with Gasteiger partial charge in [0, 0.05) is 25.3 Å². The summed E-state index contributed by atoms with van der Waals surface area (Å²) in [7, 11) is -1.68. The van der Waals surface area contributed by atoms with E-state index in [1.165, 1.54) is 0 Å². The molecule has 0 bridgehead atoms. The molecule has 0 radical (unpaired) electrons. The van der Waals surface area contributed by atoms with E-state index in [1.807, 2.05) is 25.5 Å². The maximum absolute atomic E-state index is 11.6. The Bertz CT molecular complexity index is 838. The molecule has 23 heavy (non-hydrogen) atoms. The van der Waals surface area contributed by atoms with E-state index in [2.05, 4.69) is 15.5 Å². The zero-order valence-electron chi connectivity index (χ0n) is 13.1. The molecule has 2 aromatic heterocycles. The fraction of sp³-hybridized carbons (Fsp3) is 0.500. The molecular formula is C12H17N5O4S2. The molecule has 0 atom stereocenters. The third kappa shape index (κ3) is 3.67. The van der Waals surface area contributed by atoms with Crippen LogP contribution < -0.4 is 5.32 Å². The van der Waals surface area contributed by atoms with Gasteiger partial charge in [-0.1, -0.05) is 25.2 Å². The van der Waals surface area contributed by atoms with Gasteiger partial charge in [-0.25, -0.2) is 8.42 Å². The maximum atomic E-state index is 11.6. The van der Waals surface area contributed by atoms with Gasteiger partial charge in [0.15, 0.2) is 20.7 Å². The summed E-state index contributed by atoms with van der Waals surface area (Å²) in [6.45, 7) is 4.19. The molecule has 0 saturated heterocycles. The maximum Gasteiger partial charge on any atom is 0.304 e. The minimum absolute atomic E-state index is 0.0486. The first-order valence-corrected chi connectivity index (χ1v) is 9.42. The second-order valence-corrected chi connectivity index (χ2v) is 8.65. The summed E-state index contributed by atoms with van der Waals surface area (Å²) in [4.78, 5) is 10.5. The number of anilines is 1. The molecule has 0 aliphatic carbocycles. The van der Waals surface area contributed by atoms with Crippen molar-refractivity contribution in [3.63, 3.8) is 0 Å². The monoisotopic (exact) mass is 359 g/mol. The normalized spacial score (nSPS) is 11.9. The fourth-order valence-corrected chi connectivity index (χ4v) is 3.93. The molecule has 0 saturated carbocycles. The van der Waals surface area contributed by atoms with Crippen LogP contribution in [0.15, 0.2) is 10.3 Å². The van der Waals surface area contributed by atoms with Crippen molar-refractivity contribution < 1.29 is 13.3 Å². The van der Waals surface area contributed by atoms with Gasteiger partial charge in [-0.05, 0) is 0 Å². The number of sulfone groups is 1. The van der Waals surface area contributed by atoms with E-state index >= 15 is 0 Å². The summed E-state index contributed by atoms with van der Waals surface area (Å²) in [5.74, 6) is 1.62. The topological polar surface area (TPSA) is 120 Å². The van der Waals surface area contributed by atoms with Crippen LogP contribution in [-0.4, -0.2) is 34.4 Å². The van der Waals surface area contributed by atoms with Crippen molar-refractivity contribution in [2.45, 2.75) is 30.5 Å². The van der Waals surface area contributed by atoms with Crippen LogP contribution in [0.4, 0.5) is 10.7 Å². The van der Waals surface area contributed by atoms with E-state index in [0.717, 1.165) is 29.5 Å². The highest BCUT2D eigenvalue weighted by Crippen LogP contribution is 2.37. The highest BCUT2D eigenvalue weighted by atomic mass is 32.2. The highest BCUT2D eigenvalue weighted by molar-refractivity contribution is 7.92. The van der Waals surface area contributed by atoms with Gasteiger partial charge in [-0.2, -0.15) is 0 Å². The third-order valence-corrected chi connectivity index (χ3v) is 6.06. The molecule has 2 aromatic rings. The van der Waals surface area contributed by atoms with Gasteiger partial charge in [0.2, 0.25) is 0 Å². The van der Waals surface area contributed by atoms with Crippen LogP contribution in [-0.2, 0) is 23.4 Å². The van der Waals surface area contributed by atoms with Crippen LogP contribution in [0, 0.1) is 10.1 Å². The summed E-state index contributed by atoms with van der Waals surface area (Å²) in [5.41, 5.74) is -0.262. The Morgan fingerprint density at radius 1 is 1.43 bits per heavy atom. The van der Waals surface area contributed by atoms with Crippen LogP contribution in [0.1, 0.15) is 31.4 Å².